The van der Waals surface area contributed by atoms with Crippen LogP contribution in [0.5, 0.6) is 0 Å². The zero-order valence-corrected chi connectivity index (χ0v) is 19.5. The van der Waals surface area contributed by atoms with Crippen molar-refractivity contribution in [2.24, 2.45) is 10.8 Å². The first kappa shape index (κ1) is 24.0. The molecule has 0 aliphatic heterocycles. The van der Waals surface area contributed by atoms with E-state index in [1.807, 2.05) is 0 Å². The molecular formula is C24H50N2. The van der Waals surface area contributed by atoms with Crippen LogP contribution < -0.4 is 0 Å². The zero-order chi connectivity index (χ0) is 19.8. The van der Waals surface area contributed by atoms with Crippen molar-refractivity contribution in [3.05, 3.63) is 0 Å². The predicted octanol–water partition coefficient (Wildman–Crippen LogP) is 6.59. The SMILES string of the molecule is CN(CCCCC(C)(C)C)[C@H]1CC[C@H](N(C)CCCCC(C)(C)C)CC1. The van der Waals surface area contributed by atoms with Crippen molar-refractivity contribution in [2.75, 3.05) is 27.2 Å². The molecule has 1 saturated carbocycles. The van der Waals surface area contributed by atoms with Gasteiger partial charge in [-0.25, -0.2) is 0 Å². The van der Waals surface area contributed by atoms with Gasteiger partial charge in [-0.3, -0.25) is 0 Å². The second-order valence-electron chi connectivity index (χ2n) is 11.5. The molecule has 0 bridgehead atoms. The van der Waals surface area contributed by atoms with Crippen molar-refractivity contribution in [2.45, 2.75) is 118 Å². The Balaban J connectivity index is 2.16. The maximum Gasteiger partial charge on any atom is 0.00933 e. The second-order valence-corrected chi connectivity index (χ2v) is 11.5. The Labute approximate surface area is 166 Å². The zero-order valence-electron chi connectivity index (χ0n) is 19.5. The van der Waals surface area contributed by atoms with E-state index >= 15 is 0 Å². The largest absolute Gasteiger partial charge is 0.303 e. The van der Waals surface area contributed by atoms with Crippen LogP contribution in [0.4, 0.5) is 0 Å². The monoisotopic (exact) mass is 366 g/mol. The van der Waals surface area contributed by atoms with E-state index in [0.29, 0.717) is 10.8 Å². The van der Waals surface area contributed by atoms with E-state index in [0.717, 1.165) is 12.1 Å². The lowest BCUT2D eigenvalue weighted by molar-refractivity contribution is 0.121. The smallest absolute Gasteiger partial charge is 0.00933 e. The lowest BCUT2D eigenvalue weighted by Gasteiger charge is -2.38. The van der Waals surface area contributed by atoms with E-state index in [4.69, 9.17) is 0 Å². The summed E-state index contributed by atoms with van der Waals surface area (Å²) in [5.41, 5.74) is 0.988. The van der Waals surface area contributed by atoms with Crippen LogP contribution >= 0.6 is 0 Å². The van der Waals surface area contributed by atoms with Gasteiger partial charge in [-0.2, -0.15) is 0 Å². The third-order valence-corrected chi connectivity index (χ3v) is 6.29. The number of hydrogen-bond acceptors (Lipinski definition) is 2. The van der Waals surface area contributed by atoms with Gasteiger partial charge in [0.05, 0.1) is 0 Å². The quantitative estimate of drug-likeness (QED) is 0.402. The highest BCUT2D eigenvalue weighted by atomic mass is 15.2. The molecule has 0 aromatic carbocycles. The van der Waals surface area contributed by atoms with E-state index in [1.165, 1.54) is 77.3 Å². The topological polar surface area (TPSA) is 6.48 Å². The highest BCUT2D eigenvalue weighted by molar-refractivity contribution is 4.82. The fourth-order valence-electron chi connectivity index (χ4n) is 4.34. The molecule has 1 aliphatic carbocycles. The van der Waals surface area contributed by atoms with Gasteiger partial charge in [0.2, 0.25) is 0 Å². The minimum absolute atomic E-state index is 0.494. The molecule has 1 aliphatic rings. The van der Waals surface area contributed by atoms with Gasteiger partial charge in [-0.1, -0.05) is 54.4 Å². The summed E-state index contributed by atoms with van der Waals surface area (Å²) in [5.74, 6) is 0. The summed E-state index contributed by atoms with van der Waals surface area (Å²) in [6, 6.07) is 1.66. The van der Waals surface area contributed by atoms with Gasteiger partial charge in [0.1, 0.15) is 0 Å². The molecule has 0 atom stereocenters. The Kier molecular flexibility index (Phi) is 10.2. The summed E-state index contributed by atoms with van der Waals surface area (Å²) in [5, 5.41) is 0. The average molecular weight is 367 g/mol. The fourth-order valence-corrected chi connectivity index (χ4v) is 4.34. The summed E-state index contributed by atoms with van der Waals surface area (Å²) in [6.07, 6.45) is 13.8. The number of unbranched alkanes of at least 4 members (excludes halogenated alkanes) is 2. The van der Waals surface area contributed by atoms with Crippen LogP contribution in [-0.4, -0.2) is 49.1 Å². The molecule has 0 unspecified atom stereocenters. The van der Waals surface area contributed by atoms with Crippen molar-refractivity contribution in [1.82, 2.24) is 9.80 Å². The molecule has 0 radical (unpaired) electrons. The lowest BCUT2D eigenvalue weighted by atomic mass is 9.88. The Hall–Kier alpha value is -0.0800. The maximum atomic E-state index is 2.65. The molecule has 2 heteroatoms. The average Bonchev–Trinajstić information content (AvgIpc) is 2.53. The number of hydrogen-bond donors (Lipinski definition) is 0. The Bertz CT molecular complexity index is 319. The molecule has 2 nitrogen and oxygen atoms in total. The molecule has 156 valence electrons. The molecule has 0 saturated heterocycles. The molecule has 1 rings (SSSR count). The summed E-state index contributed by atoms with van der Waals surface area (Å²) in [6.45, 7) is 16.7. The molecular weight excluding hydrogens is 316 g/mol. The van der Waals surface area contributed by atoms with Crippen molar-refractivity contribution >= 4 is 0 Å². The first-order valence-electron chi connectivity index (χ1n) is 11.4. The fraction of sp³-hybridized carbons (Fsp3) is 1.00. The van der Waals surface area contributed by atoms with Crippen LogP contribution in [0, 0.1) is 10.8 Å². The first-order valence-corrected chi connectivity index (χ1v) is 11.4. The Morgan fingerprint density at radius 1 is 0.577 bits per heavy atom. The first-order chi connectivity index (χ1) is 12.0. The van der Waals surface area contributed by atoms with E-state index in [1.54, 1.807) is 0 Å². The molecule has 1 fully saturated rings. The van der Waals surface area contributed by atoms with Crippen molar-refractivity contribution in [3.63, 3.8) is 0 Å². The third kappa shape index (κ3) is 10.9. The minimum atomic E-state index is 0.494. The van der Waals surface area contributed by atoms with Crippen LogP contribution in [0.15, 0.2) is 0 Å². The highest BCUT2D eigenvalue weighted by Crippen LogP contribution is 2.27. The van der Waals surface area contributed by atoms with Gasteiger partial charge in [0.25, 0.3) is 0 Å². The summed E-state index contributed by atoms with van der Waals surface area (Å²) in [4.78, 5) is 5.31. The molecule has 0 heterocycles. The second kappa shape index (κ2) is 11.1. The van der Waals surface area contributed by atoms with Crippen molar-refractivity contribution in [1.29, 1.82) is 0 Å². The molecule has 0 spiro atoms. The van der Waals surface area contributed by atoms with Crippen LogP contribution in [-0.2, 0) is 0 Å². The van der Waals surface area contributed by atoms with Gasteiger partial charge in [-0.15, -0.1) is 0 Å². The number of nitrogens with zero attached hydrogens (tertiary/aromatic N) is 2. The van der Waals surface area contributed by atoms with E-state index in [2.05, 4.69) is 65.4 Å². The number of rotatable bonds is 10. The van der Waals surface area contributed by atoms with Crippen LogP contribution in [0.3, 0.4) is 0 Å². The maximum absolute atomic E-state index is 2.65. The standard InChI is InChI=1S/C24H50N2/c1-23(2,3)17-9-11-19-25(7)21-13-15-22(16-14-21)26(8)20-12-10-18-24(4,5)6/h21-22H,9-20H2,1-8H3/t21-,22-. The molecule has 0 aromatic rings. The lowest BCUT2D eigenvalue weighted by Crippen LogP contribution is -2.42. The normalized spacial score (nSPS) is 22.4. The Morgan fingerprint density at radius 2 is 0.885 bits per heavy atom. The molecule has 0 amide bonds. The summed E-state index contributed by atoms with van der Waals surface area (Å²) in [7, 11) is 4.72. The summed E-state index contributed by atoms with van der Waals surface area (Å²) >= 11 is 0. The predicted molar refractivity (Wildman–Crippen MR) is 118 cm³/mol. The van der Waals surface area contributed by atoms with Crippen LogP contribution in [0.25, 0.3) is 0 Å². The van der Waals surface area contributed by atoms with Crippen molar-refractivity contribution < 1.29 is 0 Å². The van der Waals surface area contributed by atoms with Gasteiger partial charge in [0, 0.05) is 12.1 Å². The highest BCUT2D eigenvalue weighted by Gasteiger charge is 2.26. The third-order valence-electron chi connectivity index (χ3n) is 6.29. The minimum Gasteiger partial charge on any atom is -0.303 e. The Morgan fingerprint density at radius 3 is 1.15 bits per heavy atom. The molecule has 0 aromatic heterocycles. The van der Waals surface area contributed by atoms with Crippen LogP contribution in [0.2, 0.25) is 0 Å². The van der Waals surface area contributed by atoms with Gasteiger partial charge >= 0.3 is 0 Å². The van der Waals surface area contributed by atoms with Gasteiger partial charge < -0.3 is 9.80 Å². The summed E-state index contributed by atoms with van der Waals surface area (Å²) < 4.78 is 0. The molecule has 26 heavy (non-hydrogen) atoms. The van der Waals surface area contributed by atoms with Gasteiger partial charge in [0.15, 0.2) is 0 Å². The molecule has 0 N–H and O–H groups in total. The van der Waals surface area contributed by atoms with Crippen molar-refractivity contribution in [3.8, 4) is 0 Å². The van der Waals surface area contributed by atoms with E-state index < -0.39 is 0 Å². The van der Waals surface area contributed by atoms with Gasteiger partial charge in [-0.05, 0) is 89.4 Å². The van der Waals surface area contributed by atoms with E-state index in [-0.39, 0.29) is 0 Å². The van der Waals surface area contributed by atoms with Crippen LogP contribution in [0.1, 0.15) is 106 Å². The van der Waals surface area contributed by atoms with E-state index in [9.17, 15) is 0 Å².